The summed E-state index contributed by atoms with van der Waals surface area (Å²) >= 11 is 11.2. The van der Waals surface area contributed by atoms with E-state index in [9.17, 15) is 14.0 Å². The maximum Gasteiger partial charge on any atom is 0.270 e. The number of amides is 2. The minimum Gasteiger partial charge on any atom is -0.378 e. The van der Waals surface area contributed by atoms with Crippen molar-refractivity contribution in [3.05, 3.63) is 64.4 Å². The number of thiocarbonyl (C=S) groups is 1. The average molecular weight is 446 g/mol. The van der Waals surface area contributed by atoms with E-state index < -0.39 is 17.6 Å². The Morgan fingerprint density at radius 1 is 1.13 bits per heavy atom. The van der Waals surface area contributed by atoms with Crippen molar-refractivity contribution in [2.45, 2.75) is 0 Å². The van der Waals surface area contributed by atoms with E-state index in [1.54, 1.807) is 36.4 Å². The normalized spacial score (nSPS) is 18.7. The minimum atomic E-state index is -0.638. The van der Waals surface area contributed by atoms with Crippen LogP contribution in [0.5, 0.6) is 0 Å². The van der Waals surface area contributed by atoms with Gasteiger partial charge < -0.3 is 9.64 Å². The van der Waals surface area contributed by atoms with Crippen LogP contribution < -0.4 is 15.1 Å². The van der Waals surface area contributed by atoms with E-state index in [-0.39, 0.29) is 10.7 Å². The van der Waals surface area contributed by atoms with Gasteiger partial charge in [-0.25, -0.2) is 4.39 Å². The third-order valence-electron chi connectivity index (χ3n) is 4.80. The van der Waals surface area contributed by atoms with Crippen molar-refractivity contribution in [2.24, 2.45) is 0 Å². The molecular weight excluding hydrogens is 429 g/mol. The summed E-state index contributed by atoms with van der Waals surface area (Å²) in [5.41, 5.74) is 1.13. The molecule has 2 aromatic rings. The topological polar surface area (TPSA) is 61.9 Å². The molecule has 4 rings (SSSR count). The molecule has 2 fully saturated rings. The average Bonchev–Trinajstić information content (AvgIpc) is 2.72. The molecule has 9 heteroatoms. The molecule has 2 saturated heterocycles. The van der Waals surface area contributed by atoms with E-state index >= 15 is 0 Å². The SMILES string of the molecule is O=C1NC(=S)N(c2cccc(Cl)c2)C(=O)/C1=C/c1ccc(N2CCOCC2)c(F)c1. The van der Waals surface area contributed by atoms with Crippen LogP contribution in [-0.2, 0) is 14.3 Å². The molecular formula is C21H17ClFN3O3S. The zero-order chi connectivity index (χ0) is 21.3. The van der Waals surface area contributed by atoms with Crippen LogP contribution in [-0.4, -0.2) is 43.2 Å². The minimum absolute atomic E-state index is 0.0433. The fourth-order valence-corrected chi connectivity index (χ4v) is 3.81. The molecule has 2 amide bonds. The lowest BCUT2D eigenvalue weighted by molar-refractivity contribution is -0.122. The highest BCUT2D eigenvalue weighted by Crippen LogP contribution is 2.26. The zero-order valence-electron chi connectivity index (χ0n) is 15.7. The standard InChI is InChI=1S/C21H17ClFN3O3S/c22-14-2-1-3-15(12-14)26-20(28)16(19(27)24-21(26)30)10-13-4-5-18(17(23)11-13)25-6-8-29-9-7-25/h1-5,10-12H,6-9H2,(H,24,27,30)/b16-10+. The highest BCUT2D eigenvalue weighted by molar-refractivity contribution is 7.80. The van der Waals surface area contributed by atoms with Gasteiger partial charge in [-0.15, -0.1) is 0 Å². The number of carbonyl (C=O) groups is 2. The molecule has 2 aliphatic rings. The van der Waals surface area contributed by atoms with Crippen LogP contribution in [0.25, 0.3) is 6.08 Å². The maximum atomic E-state index is 14.7. The smallest absolute Gasteiger partial charge is 0.270 e. The van der Waals surface area contributed by atoms with Gasteiger partial charge in [-0.2, -0.15) is 0 Å². The van der Waals surface area contributed by atoms with E-state index in [1.165, 1.54) is 17.0 Å². The van der Waals surface area contributed by atoms with E-state index in [4.69, 9.17) is 28.6 Å². The van der Waals surface area contributed by atoms with Crippen LogP contribution >= 0.6 is 23.8 Å². The largest absolute Gasteiger partial charge is 0.378 e. The maximum absolute atomic E-state index is 14.7. The van der Waals surface area contributed by atoms with Gasteiger partial charge in [0.15, 0.2) is 5.11 Å². The van der Waals surface area contributed by atoms with Crippen molar-refractivity contribution < 1.29 is 18.7 Å². The molecule has 6 nitrogen and oxygen atoms in total. The van der Waals surface area contributed by atoms with Gasteiger partial charge in [0.2, 0.25) is 0 Å². The van der Waals surface area contributed by atoms with Crippen molar-refractivity contribution in [2.75, 3.05) is 36.1 Å². The number of halogens is 2. The Morgan fingerprint density at radius 2 is 1.90 bits per heavy atom. The van der Waals surface area contributed by atoms with Crippen LogP contribution in [0.3, 0.4) is 0 Å². The van der Waals surface area contributed by atoms with Crippen LogP contribution in [0, 0.1) is 5.82 Å². The molecule has 0 atom stereocenters. The fraction of sp³-hybridized carbons (Fsp3) is 0.190. The van der Waals surface area contributed by atoms with Gasteiger partial charge in [0.1, 0.15) is 11.4 Å². The number of rotatable bonds is 3. The first-order chi connectivity index (χ1) is 14.4. The summed E-state index contributed by atoms with van der Waals surface area (Å²) in [4.78, 5) is 28.5. The Balaban J connectivity index is 1.65. The number of nitrogens with one attached hydrogen (secondary N) is 1. The van der Waals surface area contributed by atoms with Gasteiger partial charge >= 0.3 is 0 Å². The monoisotopic (exact) mass is 445 g/mol. The Morgan fingerprint density at radius 3 is 2.60 bits per heavy atom. The van der Waals surface area contributed by atoms with Crippen LogP contribution in [0.4, 0.5) is 15.8 Å². The Labute approximate surface area is 182 Å². The number of carbonyl (C=O) groups excluding carboxylic acids is 2. The van der Waals surface area contributed by atoms with Gasteiger partial charge in [-0.05, 0) is 54.2 Å². The Kier molecular flexibility index (Phi) is 5.80. The summed E-state index contributed by atoms with van der Waals surface area (Å²) in [5, 5.41) is 2.88. The second-order valence-electron chi connectivity index (χ2n) is 6.75. The first kappa shape index (κ1) is 20.5. The highest BCUT2D eigenvalue weighted by atomic mass is 35.5. The van der Waals surface area contributed by atoms with Crippen LogP contribution in [0.2, 0.25) is 5.02 Å². The molecule has 2 aromatic carbocycles. The molecule has 2 heterocycles. The third-order valence-corrected chi connectivity index (χ3v) is 5.32. The Bertz CT molecular complexity index is 1070. The zero-order valence-corrected chi connectivity index (χ0v) is 17.3. The molecule has 0 spiro atoms. The lowest BCUT2D eigenvalue weighted by atomic mass is 10.1. The van der Waals surface area contributed by atoms with Crippen LogP contribution in [0.1, 0.15) is 5.56 Å². The molecule has 0 unspecified atom stereocenters. The van der Waals surface area contributed by atoms with E-state index in [1.807, 2.05) is 4.90 Å². The molecule has 0 radical (unpaired) electrons. The van der Waals surface area contributed by atoms with E-state index in [0.717, 1.165) is 0 Å². The van der Waals surface area contributed by atoms with Crippen LogP contribution in [0.15, 0.2) is 48.0 Å². The van der Waals surface area contributed by atoms with Gasteiger partial charge in [0.05, 0.1) is 24.6 Å². The highest BCUT2D eigenvalue weighted by Gasteiger charge is 2.34. The summed E-state index contributed by atoms with van der Waals surface area (Å²) in [7, 11) is 0. The van der Waals surface area contributed by atoms with E-state index in [0.29, 0.717) is 48.3 Å². The first-order valence-electron chi connectivity index (χ1n) is 9.23. The lowest BCUT2D eigenvalue weighted by Gasteiger charge is -2.29. The lowest BCUT2D eigenvalue weighted by Crippen LogP contribution is -2.54. The molecule has 1 N–H and O–H groups in total. The van der Waals surface area contributed by atoms with Crippen molar-refractivity contribution in [1.82, 2.24) is 5.32 Å². The summed E-state index contributed by atoms with van der Waals surface area (Å²) in [6, 6.07) is 11.2. The summed E-state index contributed by atoms with van der Waals surface area (Å²) in [6.07, 6.45) is 1.35. The number of morpholine rings is 1. The van der Waals surface area contributed by atoms with Gasteiger partial charge in [-0.1, -0.05) is 23.7 Å². The Hall–Kier alpha value is -2.81. The second kappa shape index (κ2) is 8.51. The first-order valence-corrected chi connectivity index (χ1v) is 10.0. The third kappa shape index (κ3) is 4.07. The van der Waals surface area contributed by atoms with Gasteiger partial charge in [-0.3, -0.25) is 19.8 Å². The number of anilines is 2. The molecule has 154 valence electrons. The van der Waals surface area contributed by atoms with Crippen molar-refractivity contribution in [1.29, 1.82) is 0 Å². The molecule has 2 aliphatic heterocycles. The summed E-state index contributed by atoms with van der Waals surface area (Å²) < 4.78 is 20.0. The molecule has 0 aliphatic carbocycles. The van der Waals surface area contributed by atoms with E-state index in [2.05, 4.69) is 5.32 Å². The van der Waals surface area contributed by atoms with Crippen molar-refractivity contribution >= 4 is 58.2 Å². The predicted octanol–water partition coefficient (Wildman–Crippen LogP) is 3.15. The van der Waals surface area contributed by atoms with Crippen molar-refractivity contribution in [3.63, 3.8) is 0 Å². The van der Waals surface area contributed by atoms with Gasteiger partial charge in [0.25, 0.3) is 11.8 Å². The number of benzene rings is 2. The molecule has 0 bridgehead atoms. The number of hydrogen-bond acceptors (Lipinski definition) is 5. The molecule has 0 saturated carbocycles. The summed E-state index contributed by atoms with van der Waals surface area (Å²) in [5.74, 6) is -1.68. The number of nitrogens with zero attached hydrogens (tertiary/aromatic N) is 2. The fourth-order valence-electron chi connectivity index (χ4n) is 3.35. The second-order valence-corrected chi connectivity index (χ2v) is 7.57. The molecule has 0 aromatic heterocycles. The quantitative estimate of drug-likeness (QED) is 0.447. The van der Waals surface area contributed by atoms with Crippen molar-refractivity contribution in [3.8, 4) is 0 Å². The molecule has 30 heavy (non-hydrogen) atoms. The predicted molar refractivity (Wildman–Crippen MR) is 117 cm³/mol. The van der Waals surface area contributed by atoms with Gasteiger partial charge in [0, 0.05) is 18.1 Å². The number of ether oxygens (including phenoxy) is 1. The summed E-state index contributed by atoms with van der Waals surface area (Å²) in [6.45, 7) is 2.28. The number of hydrogen-bond donors (Lipinski definition) is 1.